The van der Waals surface area contributed by atoms with Crippen LogP contribution >= 0.6 is 44.1 Å². The van der Waals surface area contributed by atoms with E-state index in [9.17, 15) is 14.0 Å². The van der Waals surface area contributed by atoms with E-state index in [0.717, 1.165) is 0 Å². The number of methoxy groups -OCH3 is 2. The number of thiocarbonyl (C=S) groups is 1. The molecule has 0 aliphatic carbocycles. The van der Waals surface area contributed by atoms with Crippen LogP contribution in [0, 0.1) is 5.82 Å². The van der Waals surface area contributed by atoms with Gasteiger partial charge in [0.05, 0.1) is 28.9 Å². The number of benzene rings is 3. The molecule has 1 amide bonds. The molecule has 0 unspecified atom stereocenters. The predicted octanol–water partition coefficient (Wildman–Crippen LogP) is 6.09. The smallest absolute Gasteiger partial charge is 0.325 e. The van der Waals surface area contributed by atoms with Gasteiger partial charge in [-0.2, -0.15) is 0 Å². The summed E-state index contributed by atoms with van der Waals surface area (Å²) in [5.74, 6) is -0.154. The van der Waals surface area contributed by atoms with Crippen molar-refractivity contribution in [3.05, 3.63) is 92.3 Å². The molecule has 4 rings (SSSR count). The van der Waals surface area contributed by atoms with Gasteiger partial charge < -0.3 is 19.1 Å². The average Bonchev–Trinajstić information content (AvgIpc) is 3.12. The van der Waals surface area contributed by atoms with Gasteiger partial charge in [0.1, 0.15) is 36.2 Å². The van der Waals surface area contributed by atoms with E-state index in [-0.39, 0.29) is 29.8 Å². The zero-order valence-corrected chi connectivity index (χ0v) is 24.2. The highest BCUT2D eigenvalue weighted by Gasteiger charge is 2.40. The van der Waals surface area contributed by atoms with Gasteiger partial charge in [0.2, 0.25) is 0 Å². The molecule has 1 fully saturated rings. The minimum atomic E-state index is -0.550. The van der Waals surface area contributed by atoms with Crippen LogP contribution in [0.2, 0.25) is 0 Å². The molecule has 0 atom stereocenters. The molecule has 3 aromatic rings. The molecule has 38 heavy (non-hydrogen) atoms. The Balaban J connectivity index is 1.65. The lowest BCUT2D eigenvalue weighted by molar-refractivity contribution is -0.140. The second-order valence-electron chi connectivity index (χ2n) is 8.05. The fraction of sp³-hybridized carbons (Fsp3) is 0.148. The van der Waals surface area contributed by atoms with E-state index in [1.807, 2.05) is 0 Å². The highest BCUT2D eigenvalue weighted by molar-refractivity contribution is 9.11. The Hall–Kier alpha value is -3.28. The lowest BCUT2D eigenvalue weighted by Gasteiger charge is -2.19. The van der Waals surface area contributed by atoms with Crippen LogP contribution in [-0.4, -0.2) is 42.7 Å². The minimum absolute atomic E-state index is 0.144. The number of amides is 1. The maximum atomic E-state index is 13.5. The highest BCUT2D eigenvalue weighted by Crippen LogP contribution is 2.37. The molecule has 0 bridgehead atoms. The summed E-state index contributed by atoms with van der Waals surface area (Å²) in [6.45, 7) is -0.0807. The van der Waals surface area contributed by atoms with E-state index in [2.05, 4.69) is 31.9 Å². The van der Waals surface area contributed by atoms with Gasteiger partial charge in [-0.25, -0.2) is 4.39 Å². The van der Waals surface area contributed by atoms with Gasteiger partial charge in [-0.3, -0.25) is 14.5 Å². The predicted molar refractivity (Wildman–Crippen MR) is 152 cm³/mol. The molecule has 0 radical (unpaired) electrons. The van der Waals surface area contributed by atoms with Crippen molar-refractivity contribution >= 4 is 72.8 Å². The Labute approximate surface area is 241 Å². The third-order valence-electron chi connectivity index (χ3n) is 5.58. The van der Waals surface area contributed by atoms with Gasteiger partial charge in [-0.05, 0) is 110 Å². The number of rotatable bonds is 8. The topological polar surface area (TPSA) is 68.3 Å². The summed E-state index contributed by atoms with van der Waals surface area (Å²) in [4.78, 5) is 28.5. The molecule has 0 spiro atoms. The van der Waals surface area contributed by atoms with E-state index in [0.29, 0.717) is 37.3 Å². The summed E-state index contributed by atoms with van der Waals surface area (Å²) in [5, 5.41) is 0.144. The first-order valence-electron chi connectivity index (χ1n) is 11.2. The van der Waals surface area contributed by atoms with Crippen LogP contribution in [0.25, 0.3) is 6.08 Å². The summed E-state index contributed by atoms with van der Waals surface area (Å²) >= 11 is 12.6. The Bertz CT molecular complexity index is 1410. The first kappa shape index (κ1) is 27.7. The molecule has 1 saturated heterocycles. The van der Waals surface area contributed by atoms with Crippen LogP contribution in [-0.2, 0) is 20.9 Å². The lowest BCUT2D eigenvalue weighted by atomic mass is 10.1. The number of esters is 1. The number of hydrogen-bond acceptors (Lipinski definition) is 6. The van der Waals surface area contributed by atoms with Crippen molar-refractivity contribution < 1.29 is 28.2 Å². The number of halogens is 3. The SMILES string of the molecule is COC(=O)CN1C(=S)N(c2ccc(OC)cc2)C(=O)/C1=C/c1cc(Br)c(OCc2cccc(F)c2)c(Br)c1. The van der Waals surface area contributed by atoms with Gasteiger partial charge in [0.15, 0.2) is 5.11 Å². The molecule has 7 nitrogen and oxygen atoms in total. The third-order valence-corrected chi connectivity index (χ3v) is 7.16. The Morgan fingerprint density at radius 3 is 2.34 bits per heavy atom. The van der Waals surface area contributed by atoms with Gasteiger partial charge in [0, 0.05) is 0 Å². The second-order valence-corrected chi connectivity index (χ2v) is 10.1. The molecular weight excluding hydrogens is 643 g/mol. The van der Waals surface area contributed by atoms with Gasteiger partial charge >= 0.3 is 5.97 Å². The standard InChI is InChI=1S/C27H21Br2FN2O5S/c1-35-20-8-6-19(7-9-20)32-26(34)23(31(27(32)38)14-24(33)36-2)13-17-11-21(28)25(22(29)12-17)37-15-16-4-3-5-18(30)10-16/h3-13H,14-15H2,1-2H3/b23-13-. The fourth-order valence-corrected chi connectivity index (χ4v) is 5.53. The Morgan fingerprint density at radius 1 is 1.05 bits per heavy atom. The molecular formula is C27H21Br2FN2O5S. The molecule has 0 aromatic heterocycles. The zero-order valence-electron chi connectivity index (χ0n) is 20.2. The molecule has 1 heterocycles. The van der Waals surface area contributed by atoms with Crippen molar-refractivity contribution in [2.24, 2.45) is 0 Å². The summed E-state index contributed by atoms with van der Waals surface area (Å²) in [7, 11) is 2.82. The van der Waals surface area contributed by atoms with Crippen LogP contribution in [0.15, 0.2) is 75.3 Å². The molecule has 196 valence electrons. The minimum Gasteiger partial charge on any atom is -0.497 e. The van der Waals surface area contributed by atoms with Crippen LogP contribution < -0.4 is 14.4 Å². The van der Waals surface area contributed by atoms with Crippen LogP contribution in [0.5, 0.6) is 11.5 Å². The van der Waals surface area contributed by atoms with Crippen molar-refractivity contribution in [1.29, 1.82) is 0 Å². The summed E-state index contributed by atoms with van der Waals surface area (Å²) in [6.07, 6.45) is 1.63. The number of nitrogens with zero attached hydrogens (tertiary/aromatic N) is 2. The van der Waals surface area contributed by atoms with Gasteiger partial charge in [-0.1, -0.05) is 12.1 Å². The highest BCUT2D eigenvalue weighted by atomic mass is 79.9. The Morgan fingerprint density at radius 2 is 1.74 bits per heavy atom. The first-order chi connectivity index (χ1) is 18.2. The molecule has 1 aliphatic heterocycles. The molecule has 0 saturated carbocycles. The van der Waals surface area contributed by atoms with E-state index in [4.69, 9.17) is 26.4 Å². The van der Waals surface area contributed by atoms with Crippen molar-refractivity contribution in [3.63, 3.8) is 0 Å². The van der Waals surface area contributed by atoms with Gasteiger partial charge in [-0.15, -0.1) is 0 Å². The maximum Gasteiger partial charge on any atom is 0.325 e. The molecule has 0 N–H and O–H groups in total. The van der Waals surface area contributed by atoms with Crippen molar-refractivity contribution in [2.75, 3.05) is 25.7 Å². The Kier molecular flexibility index (Phi) is 8.80. The van der Waals surface area contributed by atoms with Gasteiger partial charge in [0.25, 0.3) is 5.91 Å². The van der Waals surface area contributed by atoms with E-state index in [1.54, 1.807) is 61.7 Å². The van der Waals surface area contributed by atoms with Crippen molar-refractivity contribution in [1.82, 2.24) is 4.90 Å². The number of hydrogen-bond donors (Lipinski definition) is 0. The summed E-state index contributed by atoms with van der Waals surface area (Å²) in [6, 6.07) is 16.5. The maximum absolute atomic E-state index is 13.5. The third kappa shape index (κ3) is 6.06. The van der Waals surface area contributed by atoms with E-state index >= 15 is 0 Å². The normalized spacial score (nSPS) is 14.3. The lowest BCUT2D eigenvalue weighted by Crippen LogP contribution is -2.35. The monoisotopic (exact) mass is 662 g/mol. The van der Waals surface area contributed by atoms with Crippen LogP contribution in [0.1, 0.15) is 11.1 Å². The van der Waals surface area contributed by atoms with Crippen LogP contribution in [0.3, 0.4) is 0 Å². The molecule has 11 heteroatoms. The second kappa shape index (κ2) is 12.1. The number of ether oxygens (including phenoxy) is 3. The molecule has 3 aromatic carbocycles. The van der Waals surface area contributed by atoms with Crippen molar-refractivity contribution in [2.45, 2.75) is 6.61 Å². The zero-order chi connectivity index (χ0) is 27.4. The van der Waals surface area contributed by atoms with Crippen molar-refractivity contribution in [3.8, 4) is 11.5 Å². The van der Waals surface area contributed by atoms with E-state index < -0.39 is 11.9 Å². The van der Waals surface area contributed by atoms with E-state index in [1.165, 1.54) is 29.0 Å². The first-order valence-corrected chi connectivity index (χ1v) is 13.2. The summed E-state index contributed by atoms with van der Waals surface area (Å²) in [5.41, 5.74) is 2.04. The number of carbonyl (C=O) groups is 2. The number of anilines is 1. The fourth-order valence-electron chi connectivity index (χ4n) is 3.73. The summed E-state index contributed by atoms with van der Waals surface area (Å²) < 4.78 is 30.6. The van der Waals surface area contributed by atoms with Crippen LogP contribution in [0.4, 0.5) is 10.1 Å². The largest absolute Gasteiger partial charge is 0.497 e. The molecule has 1 aliphatic rings. The quantitative estimate of drug-likeness (QED) is 0.164. The average molecular weight is 664 g/mol. The number of carbonyl (C=O) groups excluding carboxylic acids is 2.